The molecule has 0 fully saturated rings. The lowest BCUT2D eigenvalue weighted by atomic mass is 10.1. The fourth-order valence-corrected chi connectivity index (χ4v) is 1.66. The Hall–Kier alpha value is -1.18. The van der Waals surface area contributed by atoms with Gasteiger partial charge in [0, 0.05) is 0 Å². The highest BCUT2D eigenvalue weighted by Crippen LogP contribution is 2.29. The van der Waals surface area contributed by atoms with Crippen LogP contribution in [0.1, 0.15) is 0 Å². The third-order valence-corrected chi connectivity index (χ3v) is 2.84. The normalized spacial score (nSPS) is 10.3. The van der Waals surface area contributed by atoms with Crippen LogP contribution in [0, 0.1) is 0 Å². The zero-order chi connectivity index (χ0) is 10.8. The van der Waals surface area contributed by atoms with Gasteiger partial charge in [0.2, 0.25) is 0 Å². The zero-order valence-corrected chi connectivity index (χ0v) is 9.26. The summed E-state index contributed by atoms with van der Waals surface area (Å²) in [6.45, 7) is 0. The molecular formula is C12H8Cl2O. The molecule has 0 aromatic heterocycles. The molecule has 0 heterocycles. The molecule has 0 bridgehead atoms. The summed E-state index contributed by atoms with van der Waals surface area (Å²) in [5, 5.41) is 10.4. The highest BCUT2D eigenvalue weighted by Gasteiger charge is 2.02. The van der Waals surface area contributed by atoms with Crippen LogP contribution in [0.15, 0.2) is 42.5 Å². The van der Waals surface area contributed by atoms with Crippen LogP contribution >= 0.6 is 23.2 Å². The van der Waals surface area contributed by atoms with Crippen LogP contribution in [0.3, 0.4) is 0 Å². The number of aromatic hydroxyl groups is 1. The van der Waals surface area contributed by atoms with E-state index in [1.54, 1.807) is 30.3 Å². The third-order valence-electron chi connectivity index (χ3n) is 2.10. The Morgan fingerprint density at radius 2 is 1.53 bits per heavy atom. The zero-order valence-electron chi connectivity index (χ0n) is 7.74. The van der Waals surface area contributed by atoms with Crippen molar-refractivity contribution < 1.29 is 5.11 Å². The number of phenolic OH excluding ortho intramolecular Hbond substituents is 1. The molecule has 2 rings (SSSR count). The molecule has 0 aliphatic heterocycles. The van der Waals surface area contributed by atoms with Crippen LogP contribution < -0.4 is 0 Å². The molecule has 1 N–H and O–H groups in total. The Balaban J connectivity index is 2.50. The van der Waals surface area contributed by atoms with E-state index in [1.165, 1.54) is 0 Å². The SMILES string of the molecule is Oc1cccc(-c2ccc(Cl)c(Cl)c2)c1. The molecule has 3 heteroatoms. The smallest absolute Gasteiger partial charge is 0.116 e. The fraction of sp³-hybridized carbons (Fsp3) is 0. The second-order valence-corrected chi connectivity index (χ2v) is 3.99. The molecule has 2 aromatic rings. The number of hydrogen-bond donors (Lipinski definition) is 1. The molecule has 1 nitrogen and oxygen atoms in total. The topological polar surface area (TPSA) is 20.2 Å². The van der Waals surface area contributed by atoms with Gasteiger partial charge in [-0.1, -0.05) is 41.4 Å². The number of phenols is 1. The summed E-state index contributed by atoms with van der Waals surface area (Å²) in [7, 11) is 0. The second-order valence-electron chi connectivity index (χ2n) is 3.18. The van der Waals surface area contributed by atoms with Gasteiger partial charge in [0.25, 0.3) is 0 Å². The second kappa shape index (κ2) is 4.13. The maximum Gasteiger partial charge on any atom is 0.116 e. The van der Waals surface area contributed by atoms with Gasteiger partial charge in [-0.25, -0.2) is 0 Å². The highest BCUT2D eigenvalue weighted by molar-refractivity contribution is 6.42. The summed E-state index contributed by atoms with van der Waals surface area (Å²) in [6, 6.07) is 12.4. The lowest BCUT2D eigenvalue weighted by Crippen LogP contribution is -1.78. The van der Waals surface area contributed by atoms with Crippen LogP contribution in [0.4, 0.5) is 0 Å². The first-order valence-corrected chi connectivity index (χ1v) is 5.17. The van der Waals surface area contributed by atoms with E-state index in [-0.39, 0.29) is 5.75 Å². The Bertz CT molecular complexity index is 495. The summed E-state index contributed by atoms with van der Waals surface area (Å²) in [6.07, 6.45) is 0. The maximum atomic E-state index is 9.34. The monoisotopic (exact) mass is 238 g/mol. The fourth-order valence-electron chi connectivity index (χ4n) is 1.36. The van der Waals surface area contributed by atoms with E-state index in [9.17, 15) is 5.11 Å². The largest absolute Gasteiger partial charge is 0.508 e. The lowest BCUT2D eigenvalue weighted by molar-refractivity contribution is 0.475. The molecule has 0 saturated carbocycles. The Labute approximate surface area is 97.9 Å². The molecular weight excluding hydrogens is 231 g/mol. The van der Waals surface area contributed by atoms with Crippen molar-refractivity contribution in [2.45, 2.75) is 0 Å². The summed E-state index contributed by atoms with van der Waals surface area (Å²) in [5.41, 5.74) is 1.84. The van der Waals surface area contributed by atoms with Gasteiger partial charge in [0.1, 0.15) is 5.75 Å². The Morgan fingerprint density at radius 1 is 0.800 bits per heavy atom. The van der Waals surface area contributed by atoms with Crippen LogP contribution in [-0.2, 0) is 0 Å². The van der Waals surface area contributed by atoms with Gasteiger partial charge in [-0.3, -0.25) is 0 Å². The average Bonchev–Trinajstić information content (AvgIpc) is 2.22. The summed E-state index contributed by atoms with van der Waals surface area (Å²) in [4.78, 5) is 0. The predicted molar refractivity (Wildman–Crippen MR) is 63.6 cm³/mol. The van der Waals surface area contributed by atoms with Gasteiger partial charge in [0.05, 0.1) is 10.0 Å². The van der Waals surface area contributed by atoms with E-state index in [1.807, 2.05) is 12.1 Å². The van der Waals surface area contributed by atoms with Crippen LogP contribution in [-0.4, -0.2) is 5.11 Å². The number of benzene rings is 2. The molecule has 76 valence electrons. The van der Waals surface area contributed by atoms with Gasteiger partial charge in [-0.15, -0.1) is 0 Å². The molecule has 0 spiro atoms. The van der Waals surface area contributed by atoms with Crippen molar-refractivity contribution in [2.24, 2.45) is 0 Å². The van der Waals surface area contributed by atoms with Crippen LogP contribution in [0.2, 0.25) is 10.0 Å². The van der Waals surface area contributed by atoms with Crippen LogP contribution in [0.25, 0.3) is 11.1 Å². The molecule has 0 unspecified atom stereocenters. The summed E-state index contributed by atoms with van der Waals surface area (Å²) < 4.78 is 0. The van der Waals surface area contributed by atoms with E-state index in [4.69, 9.17) is 23.2 Å². The van der Waals surface area contributed by atoms with E-state index in [0.717, 1.165) is 11.1 Å². The van der Waals surface area contributed by atoms with Crippen molar-refractivity contribution in [3.63, 3.8) is 0 Å². The first kappa shape index (κ1) is 10.3. The molecule has 0 atom stereocenters. The van der Waals surface area contributed by atoms with E-state index in [2.05, 4.69) is 0 Å². The lowest BCUT2D eigenvalue weighted by Gasteiger charge is -2.03. The summed E-state index contributed by atoms with van der Waals surface area (Å²) >= 11 is 11.7. The summed E-state index contributed by atoms with van der Waals surface area (Å²) in [5.74, 6) is 0.235. The van der Waals surface area contributed by atoms with Crippen LogP contribution in [0.5, 0.6) is 5.75 Å². The van der Waals surface area contributed by atoms with E-state index in [0.29, 0.717) is 10.0 Å². The minimum Gasteiger partial charge on any atom is -0.508 e. The minimum atomic E-state index is 0.235. The van der Waals surface area contributed by atoms with Gasteiger partial charge in [-0.2, -0.15) is 0 Å². The van der Waals surface area contributed by atoms with Gasteiger partial charge in [0.15, 0.2) is 0 Å². The highest BCUT2D eigenvalue weighted by atomic mass is 35.5. The number of halogens is 2. The Morgan fingerprint density at radius 3 is 2.20 bits per heavy atom. The number of rotatable bonds is 1. The van der Waals surface area contributed by atoms with Crippen molar-refractivity contribution >= 4 is 23.2 Å². The third kappa shape index (κ3) is 2.25. The number of hydrogen-bond acceptors (Lipinski definition) is 1. The average molecular weight is 239 g/mol. The van der Waals surface area contributed by atoms with Crippen molar-refractivity contribution in [3.05, 3.63) is 52.5 Å². The van der Waals surface area contributed by atoms with Crippen molar-refractivity contribution in [1.29, 1.82) is 0 Å². The van der Waals surface area contributed by atoms with E-state index >= 15 is 0 Å². The molecule has 2 aromatic carbocycles. The molecule has 0 saturated heterocycles. The molecule has 0 aliphatic rings. The molecule has 15 heavy (non-hydrogen) atoms. The Kier molecular flexibility index (Phi) is 2.85. The quantitative estimate of drug-likeness (QED) is 0.783. The van der Waals surface area contributed by atoms with Gasteiger partial charge in [-0.05, 0) is 35.4 Å². The first-order chi connectivity index (χ1) is 7.16. The van der Waals surface area contributed by atoms with Gasteiger partial charge >= 0.3 is 0 Å². The standard InChI is InChI=1S/C12H8Cl2O/c13-11-5-4-9(7-12(11)14)8-2-1-3-10(15)6-8/h1-7,15H. The van der Waals surface area contributed by atoms with E-state index < -0.39 is 0 Å². The first-order valence-electron chi connectivity index (χ1n) is 4.41. The predicted octanol–water partition coefficient (Wildman–Crippen LogP) is 4.37. The van der Waals surface area contributed by atoms with Crippen molar-refractivity contribution in [3.8, 4) is 16.9 Å². The molecule has 0 radical (unpaired) electrons. The molecule has 0 amide bonds. The van der Waals surface area contributed by atoms with Gasteiger partial charge < -0.3 is 5.11 Å². The van der Waals surface area contributed by atoms with Crippen molar-refractivity contribution in [2.75, 3.05) is 0 Å². The maximum absolute atomic E-state index is 9.34. The minimum absolute atomic E-state index is 0.235. The molecule has 0 aliphatic carbocycles. The van der Waals surface area contributed by atoms with Crippen molar-refractivity contribution in [1.82, 2.24) is 0 Å².